The van der Waals surface area contributed by atoms with Crippen LogP contribution in [0.1, 0.15) is 59.3 Å². The molecule has 29 heavy (non-hydrogen) atoms. The van der Waals surface area contributed by atoms with E-state index in [1.54, 1.807) is 18.2 Å². The van der Waals surface area contributed by atoms with Gasteiger partial charge in [-0.3, -0.25) is 4.79 Å². The first-order valence-corrected chi connectivity index (χ1v) is 10.8. The summed E-state index contributed by atoms with van der Waals surface area (Å²) >= 11 is 0. The quantitative estimate of drug-likeness (QED) is 0.547. The van der Waals surface area contributed by atoms with Crippen LogP contribution in [0.25, 0.3) is 0 Å². The van der Waals surface area contributed by atoms with Gasteiger partial charge in [-0.1, -0.05) is 33.6 Å². The average Bonchev–Trinajstić information content (AvgIpc) is 2.71. The van der Waals surface area contributed by atoms with Crippen LogP contribution in [0.4, 0.5) is 10.5 Å². The van der Waals surface area contributed by atoms with Gasteiger partial charge in [-0.2, -0.15) is 0 Å². The van der Waals surface area contributed by atoms with Gasteiger partial charge in [0.1, 0.15) is 0 Å². The fourth-order valence-electron chi connectivity index (χ4n) is 3.37. The van der Waals surface area contributed by atoms with Crippen LogP contribution in [0.15, 0.2) is 18.2 Å². The number of nitrogens with one attached hydrogen (secondary N) is 3. The topological polar surface area (TPSA) is 88.7 Å². The maximum absolute atomic E-state index is 12.2. The lowest BCUT2D eigenvalue weighted by atomic mass is 9.86. The molecule has 0 aliphatic heterocycles. The molecule has 1 fully saturated rings. The first-order chi connectivity index (χ1) is 14.0. The third-order valence-electron chi connectivity index (χ3n) is 4.99. The minimum atomic E-state index is -0.430. The molecule has 1 saturated carbocycles. The van der Waals surface area contributed by atoms with E-state index in [1.165, 1.54) is 6.42 Å². The van der Waals surface area contributed by atoms with Gasteiger partial charge in [0.15, 0.2) is 11.5 Å². The van der Waals surface area contributed by atoms with Gasteiger partial charge in [-0.05, 0) is 43.7 Å². The molecule has 0 radical (unpaired) electrons. The van der Waals surface area contributed by atoms with Crippen LogP contribution in [0, 0.1) is 5.92 Å². The molecule has 1 aromatic rings. The highest BCUT2D eigenvalue weighted by atomic mass is 16.5. The number of carbonyl (C=O) groups excluding carboxylic acids is 2. The van der Waals surface area contributed by atoms with Gasteiger partial charge in [0.25, 0.3) is 0 Å². The largest absolute Gasteiger partial charge is 0.490 e. The van der Waals surface area contributed by atoms with Gasteiger partial charge >= 0.3 is 6.03 Å². The maximum atomic E-state index is 12.2. The van der Waals surface area contributed by atoms with Gasteiger partial charge in [-0.25, -0.2) is 4.79 Å². The monoisotopic (exact) mass is 405 g/mol. The average molecular weight is 406 g/mol. The normalized spacial score (nSPS) is 18.6. The van der Waals surface area contributed by atoms with E-state index in [2.05, 4.69) is 22.9 Å². The van der Waals surface area contributed by atoms with Crippen LogP contribution < -0.4 is 25.4 Å². The number of ether oxygens (including phenoxy) is 2. The highest BCUT2D eigenvalue weighted by Gasteiger charge is 2.22. The SMILES string of the molecule is CCCOc1ccc(NC(=O)NCC(=O)NC2CCCCC2C)cc1OCCC. The second kappa shape index (κ2) is 12.2. The van der Waals surface area contributed by atoms with E-state index in [0.717, 1.165) is 32.1 Å². The zero-order chi connectivity index (χ0) is 21.1. The van der Waals surface area contributed by atoms with Gasteiger partial charge in [-0.15, -0.1) is 0 Å². The number of rotatable bonds is 10. The van der Waals surface area contributed by atoms with Crippen molar-refractivity contribution in [3.63, 3.8) is 0 Å². The summed E-state index contributed by atoms with van der Waals surface area (Å²) in [5.74, 6) is 1.58. The van der Waals surface area contributed by atoms with E-state index >= 15 is 0 Å². The summed E-state index contributed by atoms with van der Waals surface area (Å²) < 4.78 is 11.4. The third-order valence-corrected chi connectivity index (χ3v) is 4.99. The first-order valence-electron chi connectivity index (χ1n) is 10.8. The highest BCUT2D eigenvalue weighted by molar-refractivity contribution is 5.92. The molecule has 0 bridgehead atoms. The molecule has 2 rings (SSSR count). The number of hydrogen-bond donors (Lipinski definition) is 3. The van der Waals surface area contributed by atoms with Crippen molar-refractivity contribution in [3.05, 3.63) is 18.2 Å². The van der Waals surface area contributed by atoms with Crippen molar-refractivity contribution in [1.29, 1.82) is 0 Å². The Kier molecular flexibility index (Phi) is 9.60. The zero-order valence-electron chi connectivity index (χ0n) is 17.9. The second-order valence-electron chi connectivity index (χ2n) is 7.60. The van der Waals surface area contributed by atoms with Crippen LogP contribution in [0.3, 0.4) is 0 Å². The van der Waals surface area contributed by atoms with Crippen molar-refractivity contribution in [2.45, 2.75) is 65.3 Å². The fourth-order valence-corrected chi connectivity index (χ4v) is 3.37. The predicted molar refractivity (Wildman–Crippen MR) is 115 cm³/mol. The minimum Gasteiger partial charge on any atom is -0.490 e. The lowest BCUT2D eigenvalue weighted by Gasteiger charge is -2.29. The molecule has 3 amide bonds. The van der Waals surface area contributed by atoms with Crippen LogP contribution in [0.2, 0.25) is 0 Å². The minimum absolute atomic E-state index is 0.0497. The van der Waals surface area contributed by atoms with Crippen molar-refractivity contribution in [2.75, 3.05) is 25.1 Å². The summed E-state index contributed by atoms with van der Waals surface area (Å²) in [6.07, 6.45) is 6.28. The van der Waals surface area contributed by atoms with E-state index in [0.29, 0.717) is 36.3 Å². The number of anilines is 1. The summed E-state index contributed by atoms with van der Waals surface area (Å²) in [4.78, 5) is 24.3. The summed E-state index contributed by atoms with van der Waals surface area (Å²) in [7, 11) is 0. The van der Waals surface area contributed by atoms with Crippen molar-refractivity contribution in [2.24, 2.45) is 5.92 Å². The maximum Gasteiger partial charge on any atom is 0.319 e. The Bertz CT molecular complexity index is 665. The molecule has 0 saturated heterocycles. The van der Waals surface area contributed by atoms with Crippen molar-refractivity contribution >= 4 is 17.6 Å². The molecule has 0 aromatic heterocycles. The summed E-state index contributed by atoms with van der Waals surface area (Å²) in [5.41, 5.74) is 0.582. The molecule has 7 heteroatoms. The van der Waals surface area contributed by atoms with Crippen LogP contribution >= 0.6 is 0 Å². The molecule has 0 heterocycles. The molecule has 1 aromatic carbocycles. The Labute approximate surface area is 173 Å². The molecule has 162 valence electrons. The Morgan fingerprint density at radius 1 is 1.03 bits per heavy atom. The predicted octanol–water partition coefficient (Wildman–Crippen LogP) is 4.08. The fraction of sp³-hybridized carbons (Fsp3) is 0.636. The number of urea groups is 1. The van der Waals surface area contributed by atoms with Crippen LogP contribution in [-0.4, -0.2) is 37.7 Å². The summed E-state index contributed by atoms with van der Waals surface area (Å²) in [5, 5.41) is 8.39. The van der Waals surface area contributed by atoms with Gasteiger partial charge in [0.2, 0.25) is 5.91 Å². The Morgan fingerprint density at radius 3 is 2.41 bits per heavy atom. The third kappa shape index (κ3) is 7.83. The van der Waals surface area contributed by atoms with Crippen LogP contribution in [0.5, 0.6) is 11.5 Å². The molecule has 2 unspecified atom stereocenters. The van der Waals surface area contributed by atoms with E-state index in [-0.39, 0.29) is 18.5 Å². The molecule has 1 aliphatic rings. The first kappa shape index (κ1) is 22.8. The second-order valence-corrected chi connectivity index (χ2v) is 7.60. The molecule has 7 nitrogen and oxygen atoms in total. The van der Waals surface area contributed by atoms with Gasteiger partial charge in [0.05, 0.1) is 19.8 Å². The molecule has 0 spiro atoms. The van der Waals surface area contributed by atoms with Crippen molar-refractivity contribution in [1.82, 2.24) is 10.6 Å². The molecule has 1 aliphatic carbocycles. The molecule has 2 atom stereocenters. The van der Waals surface area contributed by atoms with Crippen molar-refractivity contribution in [3.8, 4) is 11.5 Å². The van der Waals surface area contributed by atoms with E-state index in [9.17, 15) is 9.59 Å². The number of benzene rings is 1. The lowest BCUT2D eigenvalue weighted by Crippen LogP contribution is -2.46. The van der Waals surface area contributed by atoms with E-state index in [4.69, 9.17) is 9.47 Å². The Balaban J connectivity index is 1.84. The smallest absolute Gasteiger partial charge is 0.319 e. The standard InChI is InChI=1S/C22H35N3O4/c1-4-12-28-19-11-10-17(14-20(19)29-13-5-2)24-22(27)23-15-21(26)25-18-9-7-6-8-16(18)3/h10-11,14,16,18H,4-9,12-13,15H2,1-3H3,(H,25,26)(H2,23,24,27). The molecule has 3 N–H and O–H groups in total. The summed E-state index contributed by atoms with van der Waals surface area (Å²) in [6.45, 7) is 7.35. The Morgan fingerprint density at radius 2 is 1.72 bits per heavy atom. The number of carbonyl (C=O) groups is 2. The van der Waals surface area contributed by atoms with Crippen molar-refractivity contribution < 1.29 is 19.1 Å². The van der Waals surface area contributed by atoms with Gasteiger partial charge < -0.3 is 25.4 Å². The number of hydrogen-bond acceptors (Lipinski definition) is 4. The lowest BCUT2D eigenvalue weighted by molar-refractivity contribution is -0.121. The molecular weight excluding hydrogens is 370 g/mol. The van der Waals surface area contributed by atoms with Gasteiger partial charge in [0, 0.05) is 17.8 Å². The zero-order valence-corrected chi connectivity index (χ0v) is 17.9. The van der Waals surface area contributed by atoms with E-state index in [1.807, 2.05) is 13.8 Å². The highest BCUT2D eigenvalue weighted by Crippen LogP contribution is 2.31. The summed E-state index contributed by atoms with van der Waals surface area (Å²) in [6, 6.07) is 5.06. The van der Waals surface area contributed by atoms with E-state index < -0.39 is 6.03 Å². The Hall–Kier alpha value is -2.44. The van der Waals surface area contributed by atoms with Crippen LogP contribution in [-0.2, 0) is 4.79 Å². The molecular formula is C22H35N3O4. The number of amides is 3.